The molecule has 5 heteroatoms. The minimum absolute atomic E-state index is 0. The van der Waals surface area contributed by atoms with Crippen LogP contribution in [0, 0.1) is 10.1 Å². The van der Waals surface area contributed by atoms with Gasteiger partial charge in [0.1, 0.15) is 0 Å². The average Bonchev–Trinajstić information content (AvgIpc) is 2.45. The second-order valence-corrected chi connectivity index (χ2v) is 4.38. The molecule has 1 saturated heterocycles. The number of hydrogen-bond donors (Lipinski definition) is 0. The van der Waals surface area contributed by atoms with Gasteiger partial charge in [0.15, 0.2) is 6.29 Å². The van der Waals surface area contributed by atoms with Crippen LogP contribution in [0.2, 0.25) is 0 Å². The summed E-state index contributed by atoms with van der Waals surface area (Å²) in [5.74, 6) is 0. The minimum atomic E-state index is -0.406. The van der Waals surface area contributed by atoms with Crippen molar-refractivity contribution in [1.29, 1.82) is 0 Å². The molecule has 0 radical (unpaired) electrons. The van der Waals surface area contributed by atoms with E-state index in [4.69, 9.17) is 9.47 Å². The Balaban J connectivity index is 0.00000200. The van der Waals surface area contributed by atoms with E-state index in [0.717, 1.165) is 31.4 Å². The van der Waals surface area contributed by atoms with Crippen LogP contribution in [-0.4, -0.2) is 24.4 Å². The van der Waals surface area contributed by atoms with E-state index in [1.807, 2.05) is 12.2 Å². The van der Waals surface area contributed by atoms with Gasteiger partial charge in [0.2, 0.25) is 0 Å². The van der Waals surface area contributed by atoms with Crippen LogP contribution in [0.25, 0.3) is 6.08 Å². The molecule has 0 bridgehead atoms. The molecule has 1 aliphatic rings. The molecule has 0 spiro atoms. The van der Waals surface area contributed by atoms with Crippen molar-refractivity contribution in [1.82, 2.24) is 0 Å². The van der Waals surface area contributed by atoms with Crippen LogP contribution in [0.3, 0.4) is 0 Å². The average molecular weight is 295 g/mol. The van der Waals surface area contributed by atoms with E-state index in [0.29, 0.717) is 6.61 Å². The third-order valence-corrected chi connectivity index (χ3v) is 2.93. The first-order valence-electron chi connectivity index (χ1n) is 6.40. The molecule has 118 valence electrons. The Morgan fingerprint density at radius 1 is 1.29 bits per heavy atom. The molecule has 0 saturated carbocycles. The van der Waals surface area contributed by atoms with Crippen molar-refractivity contribution in [3.05, 3.63) is 46.0 Å². The van der Waals surface area contributed by atoms with Gasteiger partial charge in [-0.3, -0.25) is 10.1 Å². The maximum absolute atomic E-state index is 10.5. The molecule has 1 aromatic rings. The number of hydrogen-bond acceptors (Lipinski definition) is 4. The van der Waals surface area contributed by atoms with Crippen LogP contribution in [0.5, 0.6) is 0 Å². The van der Waals surface area contributed by atoms with Crippen molar-refractivity contribution in [3.8, 4) is 0 Å². The van der Waals surface area contributed by atoms with E-state index in [9.17, 15) is 10.1 Å². The topological polar surface area (TPSA) is 61.6 Å². The van der Waals surface area contributed by atoms with Crippen molar-refractivity contribution in [2.24, 2.45) is 0 Å². The van der Waals surface area contributed by atoms with Gasteiger partial charge < -0.3 is 9.47 Å². The number of benzene rings is 1. The first kappa shape index (κ1) is 19.3. The second-order valence-electron chi connectivity index (χ2n) is 4.38. The lowest BCUT2D eigenvalue weighted by atomic mass is 10.2. The van der Waals surface area contributed by atoms with Crippen molar-refractivity contribution in [3.63, 3.8) is 0 Å². The van der Waals surface area contributed by atoms with Crippen LogP contribution in [0.4, 0.5) is 5.69 Å². The zero-order chi connectivity index (χ0) is 13.5. The Hall–Kier alpha value is -1.72. The first-order valence-corrected chi connectivity index (χ1v) is 6.40. The van der Waals surface area contributed by atoms with Crippen LogP contribution < -0.4 is 0 Å². The molecule has 1 fully saturated rings. The maximum Gasteiger partial charge on any atom is 0.269 e. The van der Waals surface area contributed by atoms with E-state index in [-0.39, 0.29) is 26.8 Å². The van der Waals surface area contributed by atoms with Gasteiger partial charge in [-0.2, -0.15) is 0 Å². The molecule has 1 atom stereocenters. The van der Waals surface area contributed by atoms with Crippen molar-refractivity contribution < 1.29 is 14.4 Å². The van der Waals surface area contributed by atoms with Gasteiger partial charge >= 0.3 is 0 Å². The Kier molecular flexibility index (Phi) is 9.25. The number of nitro groups is 1. The molecule has 5 nitrogen and oxygen atoms in total. The third-order valence-electron chi connectivity index (χ3n) is 2.93. The van der Waals surface area contributed by atoms with Crippen LogP contribution in [0.15, 0.2) is 30.3 Å². The Morgan fingerprint density at radius 3 is 2.57 bits per heavy atom. The molecule has 1 aromatic carbocycles. The third kappa shape index (κ3) is 6.51. The molecule has 1 unspecified atom stereocenters. The number of nitro benzene ring substituents is 1. The lowest BCUT2D eigenvalue weighted by Gasteiger charge is -2.21. The Bertz CT molecular complexity index is 436. The fraction of sp³-hybridized carbons (Fsp3) is 0.500. The number of ether oxygens (including phenoxy) is 2. The summed E-state index contributed by atoms with van der Waals surface area (Å²) in [4.78, 5) is 10.1. The number of nitrogens with zero attached hydrogens (tertiary/aromatic N) is 1. The van der Waals surface area contributed by atoms with Crippen molar-refractivity contribution in [2.45, 2.75) is 40.4 Å². The molecule has 0 aromatic heterocycles. The highest BCUT2D eigenvalue weighted by Gasteiger charge is 2.12. The van der Waals surface area contributed by atoms with Gasteiger partial charge in [0, 0.05) is 18.7 Å². The quantitative estimate of drug-likeness (QED) is 0.595. The first-order chi connectivity index (χ1) is 9.25. The van der Waals surface area contributed by atoms with Crippen LogP contribution in [0.1, 0.15) is 39.7 Å². The van der Waals surface area contributed by atoms with E-state index in [2.05, 4.69) is 0 Å². The molecule has 0 amide bonds. The molecular weight excluding hydrogens is 270 g/mol. The van der Waals surface area contributed by atoms with Gasteiger partial charge in [0.05, 0.1) is 11.5 Å². The van der Waals surface area contributed by atoms with E-state index < -0.39 is 4.92 Å². The van der Waals surface area contributed by atoms with Gasteiger partial charge in [0.25, 0.3) is 5.69 Å². The van der Waals surface area contributed by atoms with E-state index in [1.54, 1.807) is 12.1 Å². The molecular formula is C16H25NO4. The highest BCUT2D eigenvalue weighted by Crippen LogP contribution is 2.14. The zero-order valence-corrected chi connectivity index (χ0v) is 10.7. The highest BCUT2D eigenvalue weighted by molar-refractivity contribution is 5.51. The smallest absolute Gasteiger partial charge is 0.269 e. The monoisotopic (exact) mass is 295 g/mol. The van der Waals surface area contributed by atoms with Crippen LogP contribution >= 0.6 is 0 Å². The van der Waals surface area contributed by atoms with Gasteiger partial charge in [-0.25, -0.2) is 0 Å². The van der Waals surface area contributed by atoms with Gasteiger partial charge in [-0.05, 0) is 37.0 Å². The van der Waals surface area contributed by atoms with Crippen molar-refractivity contribution in [2.75, 3.05) is 13.2 Å². The summed E-state index contributed by atoms with van der Waals surface area (Å²) in [6.45, 7) is 1.26. The standard InChI is InChI=1S/C14H17NO4.2CH4/c16-15(17)13-8-6-12(7-9-13)4-3-11-19-14-5-1-2-10-18-14;;/h3-4,6-9,14H,1-2,5,10-11H2;2*1H4/b4-3+;;. The summed E-state index contributed by atoms with van der Waals surface area (Å²) in [5.41, 5.74) is 1.02. The van der Waals surface area contributed by atoms with Crippen molar-refractivity contribution >= 4 is 11.8 Å². The maximum atomic E-state index is 10.5. The predicted octanol–water partition coefficient (Wildman–Crippen LogP) is 4.42. The normalized spacial score (nSPS) is 17.8. The SMILES string of the molecule is C.C.O=[N+]([O-])c1ccc(/C=C/COC2CCCCO2)cc1. The number of non-ortho nitro benzene ring substituents is 1. The summed E-state index contributed by atoms with van der Waals surface area (Å²) in [5, 5.41) is 10.5. The van der Waals surface area contributed by atoms with Crippen LogP contribution in [-0.2, 0) is 9.47 Å². The van der Waals surface area contributed by atoms with E-state index in [1.165, 1.54) is 12.1 Å². The summed E-state index contributed by atoms with van der Waals surface area (Å²) < 4.78 is 11.0. The fourth-order valence-electron chi connectivity index (χ4n) is 1.90. The molecule has 0 N–H and O–H groups in total. The largest absolute Gasteiger partial charge is 0.353 e. The van der Waals surface area contributed by atoms with Gasteiger partial charge in [-0.1, -0.05) is 27.0 Å². The Labute approximate surface area is 126 Å². The summed E-state index contributed by atoms with van der Waals surface area (Å²) >= 11 is 0. The molecule has 1 aliphatic heterocycles. The minimum Gasteiger partial charge on any atom is -0.353 e. The predicted molar refractivity (Wildman–Crippen MR) is 85.1 cm³/mol. The highest BCUT2D eigenvalue weighted by atomic mass is 16.7. The lowest BCUT2D eigenvalue weighted by Crippen LogP contribution is -2.22. The zero-order valence-electron chi connectivity index (χ0n) is 10.7. The second kappa shape index (κ2) is 10.1. The summed E-state index contributed by atoms with van der Waals surface area (Å²) in [6.07, 6.45) is 6.89. The molecule has 21 heavy (non-hydrogen) atoms. The molecule has 1 heterocycles. The Morgan fingerprint density at radius 2 is 2.00 bits per heavy atom. The summed E-state index contributed by atoms with van der Waals surface area (Å²) in [6, 6.07) is 6.41. The molecule has 2 rings (SSSR count). The lowest BCUT2D eigenvalue weighted by molar-refractivity contribution is -0.384. The number of rotatable bonds is 5. The van der Waals surface area contributed by atoms with E-state index >= 15 is 0 Å². The molecule has 0 aliphatic carbocycles. The fourth-order valence-corrected chi connectivity index (χ4v) is 1.90. The summed E-state index contributed by atoms with van der Waals surface area (Å²) in [7, 11) is 0. The van der Waals surface area contributed by atoms with Gasteiger partial charge in [-0.15, -0.1) is 0 Å².